The minimum absolute atomic E-state index is 0.0699. The first kappa shape index (κ1) is 20.7. The zero-order chi connectivity index (χ0) is 21.1. The van der Waals surface area contributed by atoms with E-state index in [0.29, 0.717) is 19.5 Å². The Kier molecular flexibility index (Phi) is 6.24. The number of fused-ring (bicyclic) bond motifs is 1. The summed E-state index contributed by atoms with van der Waals surface area (Å²) in [6, 6.07) is 11.1. The first-order valence-corrected chi connectivity index (χ1v) is 11.6. The van der Waals surface area contributed by atoms with Gasteiger partial charge < -0.3 is 10.2 Å². The third-order valence-electron chi connectivity index (χ3n) is 5.24. The van der Waals surface area contributed by atoms with Crippen LogP contribution in [0.25, 0.3) is 0 Å². The van der Waals surface area contributed by atoms with Crippen LogP contribution < -0.4 is 5.32 Å². The summed E-state index contributed by atoms with van der Waals surface area (Å²) in [6.07, 6.45) is 2.47. The quantitative estimate of drug-likeness (QED) is 0.717. The molecule has 1 fully saturated rings. The van der Waals surface area contributed by atoms with Crippen LogP contribution in [0.5, 0.6) is 0 Å². The number of rotatable bonds is 7. The van der Waals surface area contributed by atoms with Gasteiger partial charge in [-0.2, -0.15) is 0 Å². The SMILES string of the molecule is Cc1ccc(CNC(=O)CN2C(=O)N(CCc3cccs3)C(=O)C3SC=CC32)cc1. The van der Waals surface area contributed by atoms with Crippen LogP contribution in [-0.4, -0.2) is 52.0 Å². The third-order valence-corrected chi connectivity index (χ3v) is 7.27. The monoisotopic (exact) mass is 441 g/mol. The number of hydrogen-bond donors (Lipinski definition) is 1. The van der Waals surface area contributed by atoms with Crippen LogP contribution in [0.3, 0.4) is 0 Å². The molecule has 8 heteroatoms. The predicted molar refractivity (Wildman–Crippen MR) is 119 cm³/mol. The van der Waals surface area contributed by atoms with Gasteiger partial charge in [-0.3, -0.25) is 14.5 Å². The lowest BCUT2D eigenvalue weighted by Gasteiger charge is -2.40. The lowest BCUT2D eigenvalue weighted by atomic mass is 10.1. The molecule has 1 saturated heterocycles. The van der Waals surface area contributed by atoms with Gasteiger partial charge in [-0.1, -0.05) is 42.0 Å². The Morgan fingerprint density at radius 1 is 1.17 bits per heavy atom. The van der Waals surface area contributed by atoms with Crippen molar-refractivity contribution in [3.63, 3.8) is 0 Å². The van der Waals surface area contributed by atoms with Gasteiger partial charge in [0, 0.05) is 18.0 Å². The summed E-state index contributed by atoms with van der Waals surface area (Å²) < 4.78 is 0. The molecule has 2 atom stereocenters. The Bertz CT molecular complexity index is 957. The Morgan fingerprint density at radius 3 is 2.70 bits per heavy atom. The van der Waals surface area contributed by atoms with E-state index < -0.39 is 6.03 Å². The molecular formula is C22H23N3O3S2. The number of nitrogens with zero attached hydrogens (tertiary/aromatic N) is 2. The van der Waals surface area contributed by atoms with Crippen LogP contribution in [0.2, 0.25) is 0 Å². The minimum Gasteiger partial charge on any atom is -0.350 e. The topological polar surface area (TPSA) is 69.7 Å². The Morgan fingerprint density at radius 2 is 1.97 bits per heavy atom. The third kappa shape index (κ3) is 4.44. The van der Waals surface area contributed by atoms with E-state index in [2.05, 4.69) is 5.32 Å². The normalized spacial score (nSPS) is 20.6. The zero-order valence-electron chi connectivity index (χ0n) is 16.6. The second kappa shape index (κ2) is 9.06. The fraction of sp³-hybridized carbons (Fsp3) is 0.318. The molecule has 4 rings (SSSR count). The average molecular weight is 442 g/mol. The van der Waals surface area contributed by atoms with E-state index in [1.807, 2.05) is 60.2 Å². The molecule has 2 unspecified atom stereocenters. The van der Waals surface area contributed by atoms with Gasteiger partial charge in [0.1, 0.15) is 11.8 Å². The number of benzene rings is 1. The number of nitrogens with one attached hydrogen (secondary N) is 1. The number of amides is 4. The van der Waals surface area contributed by atoms with Crippen molar-refractivity contribution in [2.75, 3.05) is 13.1 Å². The van der Waals surface area contributed by atoms with Crippen LogP contribution in [-0.2, 0) is 22.6 Å². The van der Waals surface area contributed by atoms with Gasteiger partial charge in [-0.15, -0.1) is 23.1 Å². The van der Waals surface area contributed by atoms with Gasteiger partial charge in [0.15, 0.2) is 0 Å². The molecule has 0 saturated carbocycles. The molecule has 0 aliphatic carbocycles. The van der Waals surface area contributed by atoms with Crippen molar-refractivity contribution in [2.45, 2.75) is 31.2 Å². The average Bonchev–Trinajstić information content (AvgIpc) is 3.43. The standard InChI is InChI=1S/C22H23N3O3S2/c1-15-4-6-16(7-5-15)13-23-19(26)14-25-18-9-12-30-20(18)21(27)24(22(25)28)10-8-17-3-2-11-29-17/h2-7,9,11-12,18,20H,8,10,13-14H2,1H3,(H,23,26). The number of urea groups is 1. The number of imide groups is 1. The lowest BCUT2D eigenvalue weighted by molar-refractivity contribution is -0.133. The van der Waals surface area contributed by atoms with Crippen LogP contribution in [0.4, 0.5) is 4.79 Å². The van der Waals surface area contributed by atoms with E-state index in [4.69, 9.17) is 0 Å². The molecule has 1 N–H and O–H groups in total. The van der Waals surface area contributed by atoms with Crippen molar-refractivity contribution < 1.29 is 14.4 Å². The van der Waals surface area contributed by atoms with E-state index in [9.17, 15) is 14.4 Å². The molecular weight excluding hydrogens is 418 g/mol. The maximum Gasteiger partial charge on any atom is 0.327 e. The zero-order valence-corrected chi connectivity index (χ0v) is 18.2. The van der Waals surface area contributed by atoms with Crippen LogP contribution in [0, 0.1) is 6.92 Å². The van der Waals surface area contributed by atoms with E-state index >= 15 is 0 Å². The molecule has 0 bridgehead atoms. The molecule has 3 heterocycles. The van der Waals surface area contributed by atoms with Gasteiger partial charge in [0.05, 0.1) is 6.04 Å². The highest BCUT2D eigenvalue weighted by Crippen LogP contribution is 2.34. The first-order valence-electron chi connectivity index (χ1n) is 9.81. The van der Waals surface area contributed by atoms with Gasteiger partial charge in [-0.05, 0) is 35.8 Å². The number of carbonyl (C=O) groups is 3. The largest absolute Gasteiger partial charge is 0.350 e. The summed E-state index contributed by atoms with van der Waals surface area (Å²) in [4.78, 5) is 42.5. The molecule has 2 aromatic rings. The van der Waals surface area contributed by atoms with Gasteiger partial charge >= 0.3 is 6.03 Å². The Balaban J connectivity index is 1.41. The summed E-state index contributed by atoms with van der Waals surface area (Å²) in [5, 5.41) is 6.33. The number of hydrogen-bond acceptors (Lipinski definition) is 5. The lowest BCUT2D eigenvalue weighted by Crippen LogP contribution is -2.63. The van der Waals surface area contributed by atoms with Crippen molar-refractivity contribution in [3.05, 3.63) is 69.3 Å². The van der Waals surface area contributed by atoms with Crippen molar-refractivity contribution >= 4 is 40.9 Å². The molecule has 0 radical (unpaired) electrons. The molecule has 2 aliphatic heterocycles. The second-order valence-corrected chi connectivity index (χ2v) is 9.45. The Hall–Kier alpha value is -2.58. The highest BCUT2D eigenvalue weighted by Gasteiger charge is 2.47. The number of thioether (sulfide) groups is 1. The van der Waals surface area contributed by atoms with Crippen LogP contribution in [0.1, 0.15) is 16.0 Å². The number of thiophene rings is 1. The van der Waals surface area contributed by atoms with Crippen molar-refractivity contribution in [3.8, 4) is 0 Å². The van der Waals surface area contributed by atoms with Crippen molar-refractivity contribution in [1.29, 1.82) is 0 Å². The molecule has 2 aliphatic rings. The van der Waals surface area contributed by atoms with Crippen molar-refractivity contribution in [2.24, 2.45) is 0 Å². The number of carbonyl (C=O) groups excluding carboxylic acids is 3. The van der Waals surface area contributed by atoms with Crippen LogP contribution in [0.15, 0.2) is 53.3 Å². The smallest absolute Gasteiger partial charge is 0.327 e. The summed E-state index contributed by atoms with van der Waals surface area (Å²) in [5.74, 6) is -0.409. The molecule has 156 valence electrons. The van der Waals surface area contributed by atoms with Gasteiger partial charge in [0.2, 0.25) is 11.8 Å². The maximum absolute atomic E-state index is 13.1. The fourth-order valence-electron chi connectivity index (χ4n) is 3.57. The molecule has 1 aromatic heterocycles. The summed E-state index contributed by atoms with van der Waals surface area (Å²) in [6.45, 7) is 2.67. The van der Waals surface area contributed by atoms with Crippen molar-refractivity contribution in [1.82, 2.24) is 15.1 Å². The molecule has 0 spiro atoms. The number of aryl methyl sites for hydroxylation is 1. The van der Waals surface area contributed by atoms with Crippen LogP contribution >= 0.6 is 23.1 Å². The van der Waals surface area contributed by atoms with Gasteiger partial charge in [-0.25, -0.2) is 4.79 Å². The molecule has 30 heavy (non-hydrogen) atoms. The molecule has 4 amide bonds. The first-order chi connectivity index (χ1) is 14.5. The Labute approximate surface area is 183 Å². The van der Waals surface area contributed by atoms with E-state index in [-0.39, 0.29) is 29.7 Å². The fourth-order valence-corrected chi connectivity index (χ4v) is 5.33. The minimum atomic E-state index is -0.393. The summed E-state index contributed by atoms with van der Waals surface area (Å²) in [7, 11) is 0. The highest BCUT2D eigenvalue weighted by atomic mass is 32.2. The molecule has 6 nitrogen and oxygen atoms in total. The van der Waals surface area contributed by atoms with Gasteiger partial charge in [0.25, 0.3) is 0 Å². The van der Waals surface area contributed by atoms with E-state index in [1.54, 1.807) is 11.3 Å². The summed E-state index contributed by atoms with van der Waals surface area (Å²) >= 11 is 3.02. The molecule has 1 aromatic carbocycles. The highest BCUT2D eigenvalue weighted by molar-refractivity contribution is 8.03. The second-order valence-electron chi connectivity index (χ2n) is 7.37. The summed E-state index contributed by atoms with van der Waals surface area (Å²) in [5.41, 5.74) is 2.16. The van der Waals surface area contributed by atoms with E-state index in [0.717, 1.165) is 16.0 Å². The predicted octanol–water partition coefficient (Wildman–Crippen LogP) is 3.18. The van der Waals surface area contributed by atoms with E-state index in [1.165, 1.54) is 21.6 Å². The maximum atomic E-state index is 13.1.